The minimum atomic E-state index is -0.796. The second-order valence-electron chi connectivity index (χ2n) is 6.97. The standard InChI is InChI=1S/C21H19FN6O3/c1-12-5-4-6-16(13(12)2)19(29)24-18-8-7-14(11-23-18)28-15(10-22)9-17(25-28)20-26-27(3)21(30)31-20/h4-9,11H,10H2,1-3H3,(H,23,24,29). The largest absolute Gasteiger partial charge is 0.437 e. The molecule has 1 amide bonds. The van der Waals surface area contributed by atoms with Crippen LogP contribution >= 0.6 is 0 Å². The molecule has 0 bridgehead atoms. The number of rotatable bonds is 5. The number of nitrogens with one attached hydrogen (secondary N) is 1. The number of halogens is 1. The van der Waals surface area contributed by atoms with Crippen LogP contribution in [0.15, 0.2) is 51.8 Å². The Labute approximate surface area is 176 Å². The van der Waals surface area contributed by atoms with Gasteiger partial charge in [0.05, 0.1) is 17.6 Å². The topological polar surface area (TPSA) is 108 Å². The molecule has 10 heteroatoms. The van der Waals surface area contributed by atoms with E-state index >= 15 is 0 Å². The number of carbonyl (C=O) groups is 1. The Hall–Kier alpha value is -4.08. The number of nitrogens with zero attached hydrogens (tertiary/aromatic N) is 5. The molecule has 0 saturated carbocycles. The quantitative estimate of drug-likeness (QED) is 0.530. The van der Waals surface area contributed by atoms with Gasteiger partial charge in [0.2, 0.25) is 0 Å². The molecule has 0 aliphatic rings. The summed E-state index contributed by atoms with van der Waals surface area (Å²) in [5.74, 6) is -0.569. The summed E-state index contributed by atoms with van der Waals surface area (Å²) in [5, 5.41) is 11.0. The summed E-state index contributed by atoms with van der Waals surface area (Å²) in [6.07, 6.45) is 1.46. The molecule has 31 heavy (non-hydrogen) atoms. The number of amides is 1. The lowest BCUT2D eigenvalue weighted by Crippen LogP contribution is -2.15. The lowest BCUT2D eigenvalue weighted by molar-refractivity contribution is 0.102. The summed E-state index contributed by atoms with van der Waals surface area (Å²) in [4.78, 5) is 28.3. The van der Waals surface area contributed by atoms with Crippen molar-refractivity contribution in [1.29, 1.82) is 0 Å². The van der Waals surface area contributed by atoms with Crippen LogP contribution in [0.1, 0.15) is 27.2 Å². The highest BCUT2D eigenvalue weighted by atomic mass is 19.1. The van der Waals surface area contributed by atoms with E-state index in [0.29, 0.717) is 17.1 Å². The van der Waals surface area contributed by atoms with Gasteiger partial charge in [-0.15, -0.1) is 5.10 Å². The van der Waals surface area contributed by atoms with Crippen molar-refractivity contribution >= 4 is 11.7 Å². The van der Waals surface area contributed by atoms with E-state index < -0.39 is 12.4 Å². The zero-order chi connectivity index (χ0) is 22.1. The van der Waals surface area contributed by atoms with Gasteiger partial charge in [-0.1, -0.05) is 12.1 Å². The van der Waals surface area contributed by atoms with Crippen LogP contribution < -0.4 is 11.1 Å². The van der Waals surface area contributed by atoms with E-state index in [1.54, 1.807) is 18.2 Å². The fraction of sp³-hybridized carbons (Fsp3) is 0.190. The minimum absolute atomic E-state index is 0.00804. The van der Waals surface area contributed by atoms with Crippen LogP contribution in [-0.4, -0.2) is 30.5 Å². The van der Waals surface area contributed by atoms with Crippen molar-refractivity contribution in [3.63, 3.8) is 0 Å². The molecule has 1 N–H and O–H groups in total. The molecule has 9 nitrogen and oxygen atoms in total. The fourth-order valence-electron chi connectivity index (χ4n) is 3.06. The average molecular weight is 422 g/mol. The predicted molar refractivity (Wildman–Crippen MR) is 111 cm³/mol. The van der Waals surface area contributed by atoms with Gasteiger partial charge >= 0.3 is 5.76 Å². The molecule has 0 atom stereocenters. The Kier molecular flexibility index (Phi) is 5.20. The van der Waals surface area contributed by atoms with Crippen LogP contribution in [0.4, 0.5) is 10.2 Å². The second kappa shape index (κ2) is 7.98. The Morgan fingerprint density at radius 1 is 1.19 bits per heavy atom. The molecule has 0 fully saturated rings. The number of carbonyl (C=O) groups excluding carboxylic acids is 1. The second-order valence-corrected chi connectivity index (χ2v) is 6.97. The van der Waals surface area contributed by atoms with Crippen molar-refractivity contribution in [2.75, 3.05) is 5.32 Å². The highest BCUT2D eigenvalue weighted by molar-refractivity contribution is 6.05. The van der Waals surface area contributed by atoms with E-state index in [2.05, 4.69) is 20.5 Å². The van der Waals surface area contributed by atoms with Gasteiger partial charge in [0, 0.05) is 12.6 Å². The number of anilines is 1. The number of benzene rings is 1. The van der Waals surface area contributed by atoms with Crippen LogP contribution in [-0.2, 0) is 13.7 Å². The number of aromatic nitrogens is 5. The number of hydrogen-bond donors (Lipinski definition) is 1. The molecule has 158 valence electrons. The molecule has 0 spiro atoms. The molecule has 0 unspecified atom stereocenters. The van der Waals surface area contributed by atoms with E-state index in [4.69, 9.17) is 4.42 Å². The molecule has 0 saturated heterocycles. The first kappa shape index (κ1) is 20.2. The number of alkyl halides is 1. The molecule has 4 aromatic rings. The Morgan fingerprint density at radius 2 is 2.00 bits per heavy atom. The van der Waals surface area contributed by atoms with E-state index in [9.17, 15) is 14.0 Å². The van der Waals surface area contributed by atoms with Crippen LogP contribution in [0.3, 0.4) is 0 Å². The Bertz CT molecular complexity index is 1320. The first-order valence-corrected chi connectivity index (χ1v) is 9.41. The van der Waals surface area contributed by atoms with Crippen molar-refractivity contribution in [2.45, 2.75) is 20.5 Å². The SMILES string of the molecule is Cc1cccc(C(=O)Nc2ccc(-n3nc(-c4nn(C)c(=O)o4)cc3CF)cn2)c1C. The van der Waals surface area contributed by atoms with E-state index in [0.717, 1.165) is 15.8 Å². The van der Waals surface area contributed by atoms with E-state index in [1.807, 2.05) is 26.0 Å². The number of pyridine rings is 1. The van der Waals surface area contributed by atoms with Gasteiger partial charge in [0.15, 0.2) is 5.69 Å². The molecule has 4 rings (SSSR count). The maximum absolute atomic E-state index is 13.5. The highest BCUT2D eigenvalue weighted by Crippen LogP contribution is 2.21. The third kappa shape index (κ3) is 3.87. The van der Waals surface area contributed by atoms with Crippen LogP contribution in [0.2, 0.25) is 0 Å². The van der Waals surface area contributed by atoms with Gasteiger partial charge in [0.1, 0.15) is 12.5 Å². The summed E-state index contributed by atoms with van der Waals surface area (Å²) in [6, 6.07) is 10.2. The normalized spacial score (nSPS) is 11.0. The molecule has 3 heterocycles. The molecule has 0 aliphatic carbocycles. The van der Waals surface area contributed by atoms with Crippen molar-refractivity contribution in [3.05, 3.63) is 75.5 Å². The predicted octanol–water partition coefficient (Wildman–Crippen LogP) is 2.96. The van der Waals surface area contributed by atoms with Gasteiger partial charge in [-0.3, -0.25) is 4.79 Å². The molecule has 0 aliphatic heterocycles. The number of hydrogen-bond acceptors (Lipinski definition) is 6. The fourth-order valence-corrected chi connectivity index (χ4v) is 3.06. The lowest BCUT2D eigenvalue weighted by atomic mass is 10.0. The van der Waals surface area contributed by atoms with Gasteiger partial charge in [0.25, 0.3) is 11.8 Å². The molecule has 3 aromatic heterocycles. The van der Waals surface area contributed by atoms with Crippen molar-refractivity contribution in [3.8, 4) is 17.3 Å². The maximum atomic E-state index is 13.5. The van der Waals surface area contributed by atoms with Gasteiger partial charge in [-0.25, -0.2) is 18.9 Å². The molecule has 0 radical (unpaired) electrons. The van der Waals surface area contributed by atoms with Crippen molar-refractivity contribution in [2.24, 2.45) is 7.05 Å². The first-order valence-electron chi connectivity index (χ1n) is 9.41. The number of aryl methyl sites for hydroxylation is 2. The zero-order valence-corrected chi connectivity index (χ0v) is 17.1. The van der Waals surface area contributed by atoms with E-state index in [1.165, 1.54) is 24.0 Å². The lowest BCUT2D eigenvalue weighted by Gasteiger charge is -2.10. The Balaban J connectivity index is 1.59. The summed E-state index contributed by atoms with van der Waals surface area (Å²) in [7, 11) is 1.44. The smallest absolute Gasteiger partial charge is 0.386 e. The van der Waals surface area contributed by atoms with Crippen LogP contribution in [0, 0.1) is 13.8 Å². The average Bonchev–Trinajstić information content (AvgIpc) is 3.34. The molecular formula is C21H19FN6O3. The summed E-state index contributed by atoms with van der Waals surface area (Å²) in [6.45, 7) is 3.03. The summed E-state index contributed by atoms with van der Waals surface area (Å²) >= 11 is 0. The monoisotopic (exact) mass is 422 g/mol. The van der Waals surface area contributed by atoms with Crippen LogP contribution in [0.5, 0.6) is 0 Å². The third-order valence-electron chi connectivity index (χ3n) is 4.91. The van der Waals surface area contributed by atoms with E-state index in [-0.39, 0.29) is 23.2 Å². The van der Waals surface area contributed by atoms with Crippen molar-refractivity contribution < 1.29 is 13.6 Å². The maximum Gasteiger partial charge on any atom is 0.437 e. The minimum Gasteiger partial charge on any atom is -0.386 e. The highest BCUT2D eigenvalue weighted by Gasteiger charge is 2.17. The van der Waals surface area contributed by atoms with Gasteiger partial charge in [-0.05, 0) is 49.2 Å². The Morgan fingerprint density at radius 3 is 2.65 bits per heavy atom. The third-order valence-corrected chi connectivity index (χ3v) is 4.91. The molecular weight excluding hydrogens is 403 g/mol. The first-order chi connectivity index (χ1) is 14.9. The zero-order valence-electron chi connectivity index (χ0n) is 17.1. The van der Waals surface area contributed by atoms with Crippen molar-refractivity contribution in [1.82, 2.24) is 24.5 Å². The van der Waals surface area contributed by atoms with Crippen LogP contribution in [0.25, 0.3) is 17.3 Å². The summed E-state index contributed by atoms with van der Waals surface area (Å²) in [5.41, 5.74) is 3.42. The van der Waals surface area contributed by atoms with Gasteiger partial charge in [-0.2, -0.15) is 9.78 Å². The van der Waals surface area contributed by atoms with Gasteiger partial charge < -0.3 is 9.73 Å². The summed E-state index contributed by atoms with van der Waals surface area (Å²) < 4.78 is 20.9. The molecule has 1 aromatic carbocycles.